The van der Waals surface area contributed by atoms with Crippen LogP contribution in [0.4, 0.5) is 5.69 Å². The molecule has 1 aromatic heterocycles. The summed E-state index contributed by atoms with van der Waals surface area (Å²) < 4.78 is 6.80. The molecule has 4 rings (SSSR count). The van der Waals surface area contributed by atoms with Crippen molar-refractivity contribution in [3.05, 3.63) is 117 Å². The lowest BCUT2D eigenvalue weighted by Crippen LogP contribution is -2.34. The number of benzene rings is 3. The Kier molecular flexibility index (Phi) is 11.0. The van der Waals surface area contributed by atoms with Crippen molar-refractivity contribution < 1.29 is 24.2 Å². The smallest absolute Gasteiger partial charge is 0.335 e. The average Bonchev–Trinajstić information content (AvgIpc) is 3.01. The number of nitrogens with zero attached hydrogens (tertiary/aromatic N) is 2. The molecule has 0 bridgehead atoms. The Bertz CT molecular complexity index is 1760. The van der Waals surface area contributed by atoms with Crippen molar-refractivity contribution in [2.24, 2.45) is 0 Å². The van der Waals surface area contributed by atoms with Gasteiger partial charge in [-0.1, -0.05) is 43.6 Å². The molecule has 1 atom stereocenters. The second-order valence-corrected chi connectivity index (χ2v) is 9.54. The summed E-state index contributed by atoms with van der Waals surface area (Å²) in [6.45, 7) is 5.40. The number of hydrogen-bond acceptors (Lipinski definition) is 6. The number of carboxylic acid groups (broad SMARTS) is 1. The molecular formula is C33H30ClN3O6. The Morgan fingerprint density at radius 1 is 1.02 bits per heavy atom. The normalized spacial score (nSPS) is 10.9. The van der Waals surface area contributed by atoms with E-state index in [4.69, 9.17) is 21.4 Å². The molecule has 10 heteroatoms. The lowest BCUT2D eigenvalue weighted by molar-refractivity contribution is -0.119. The summed E-state index contributed by atoms with van der Waals surface area (Å²) in [5.74, 6) is -1.71. The molecule has 2 N–H and O–H groups in total. The van der Waals surface area contributed by atoms with Gasteiger partial charge in [-0.05, 0) is 66.6 Å². The first-order chi connectivity index (χ1) is 20.6. The number of anilines is 1. The third-order valence-corrected chi connectivity index (χ3v) is 6.74. The summed E-state index contributed by atoms with van der Waals surface area (Å²) in [7, 11) is 1.40. The Morgan fingerprint density at radius 3 is 2.30 bits per heavy atom. The van der Waals surface area contributed by atoms with Gasteiger partial charge in [0.2, 0.25) is 5.91 Å². The van der Waals surface area contributed by atoms with E-state index in [2.05, 4.69) is 11.4 Å². The van der Waals surface area contributed by atoms with Gasteiger partial charge in [-0.15, -0.1) is 0 Å². The monoisotopic (exact) mass is 599 g/mol. The number of Topliss-reactive ketones (excluding diaryl/α,β-unsaturated/α-hetero) is 1. The van der Waals surface area contributed by atoms with Gasteiger partial charge in [-0.2, -0.15) is 5.26 Å². The summed E-state index contributed by atoms with van der Waals surface area (Å²) in [6, 6.07) is 19.3. The zero-order chi connectivity index (χ0) is 31.7. The lowest BCUT2D eigenvalue weighted by Gasteiger charge is -2.22. The van der Waals surface area contributed by atoms with Gasteiger partial charge in [0, 0.05) is 34.3 Å². The fourth-order valence-electron chi connectivity index (χ4n) is 4.45. The number of ketones is 1. The molecule has 0 spiro atoms. The topological polar surface area (TPSA) is 138 Å². The molecule has 0 aliphatic heterocycles. The number of methoxy groups -OCH3 is 1. The summed E-state index contributed by atoms with van der Waals surface area (Å²) in [6.07, 6.45) is 1.37. The van der Waals surface area contributed by atoms with Crippen LogP contribution in [-0.2, 0) is 11.2 Å². The molecule has 0 saturated carbocycles. The first kappa shape index (κ1) is 32.3. The Hall–Kier alpha value is -5.20. The van der Waals surface area contributed by atoms with E-state index in [-0.39, 0.29) is 23.5 Å². The maximum Gasteiger partial charge on any atom is 0.335 e. The van der Waals surface area contributed by atoms with Crippen LogP contribution in [0.2, 0.25) is 5.02 Å². The number of carbonyl (C=O) groups is 3. The third-order valence-electron chi connectivity index (χ3n) is 6.50. The van der Waals surface area contributed by atoms with Crippen molar-refractivity contribution >= 4 is 34.9 Å². The molecule has 0 fully saturated rings. The highest BCUT2D eigenvalue weighted by Crippen LogP contribution is 2.34. The Labute approximate surface area is 253 Å². The number of nitriles is 1. The zero-order valence-electron chi connectivity index (χ0n) is 24.1. The van der Waals surface area contributed by atoms with Gasteiger partial charge in [0.25, 0.3) is 5.56 Å². The molecule has 43 heavy (non-hydrogen) atoms. The van der Waals surface area contributed by atoms with Gasteiger partial charge in [-0.25, -0.2) is 4.79 Å². The second kappa shape index (κ2) is 14.6. The van der Waals surface area contributed by atoms with Crippen LogP contribution in [0.3, 0.4) is 0 Å². The van der Waals surface area contributed by atoms with Crippen LogP contribution in [0.5, 0.6) is 5.75 Å². The van der Waals surface area contributed by atoms with Crippen LogP contribution in [0.1, 0.15) is 58.7 Å². The van der Waals surface area contributed by atoms with Crippen molar-refractivity contribution in [1.82, 2.24) is 4.57 Å². The van der Waals surface area contributed by atoms with Gasteiger partial charge in [0.05, 0.1) is 30.5 Å². The minimum atomic E-state index is -1.13. The number of carbonyl (C=O) groups excluding carboxylic acids is 2. The first-order valence-corrected chi connectivity index (χ1v) is 13.7. The summed E-state index contributed by atoms with van der Waals surface area (Å²) in [5.41, 5.74) is 1.75. The molecule has 1 amide bonds. The zero-order valence-corrected chi connectivity index (χ0v) is 24.8. The maximum atomic E-state index is 13.7. The number of aromatic carboxylic acids is 1. The fraction of sp³-hybridized carbons (Fsp3) is 0.182. The summed E-state index contributed by atoms with van der Waals surface area (Å²) in [4.78, 5) is 50.8. The predicted octanol–water partition coefficient (Wildman–Crippen LogP) is 6.40. The van der Waals surface area contributed by atoms with E-state index in [1.54, 1.807) is 42.5 Å². The summed E-state index contributed by atoms with van der Waals surface area (Å²) in [5, 5.41) is 21.9. The van der Waals surface area contributed by atoms with Crippen molar-refractivity contribution in [2.75, 3.05) is 12.4 Å². The van der Waals surface area contributed by atoms with E-state index in [9.17, 15) is 24.4 Å². The fourth-order valence-corrected chi connectivity index (χ4v) is 4.62. The number of rotatable bonds is 9. The van der Waals surface area contributed by atoms with E-state index in [0.29, 0.717) is 38.5 Å². The Balaban J connectivity index is 0.00000248. The highest BCUT2D eigenvalue weighted by molar-refractivity contribution is 6.31. The van der Waals surface area contributed by atoms with Crippen LogP contribution in [0, 0.1) is 11.3 Å². The number of aromatic nitrogens is 1. The van der Waals surface area contributed by atoms with Gasteiger partial charge in [-0.3, -0.25) is 19.0 Å². The minimum Gasteiger partial charge on any atom is -0.495 e. The van der Waals surface area contributed by atoms with Gasteiger partial charge in [0.1, 0.15) is 11.8 Å². The molecule has 4 aromatic rings. The van der Waals surface area contributed by atoms with E-state index >= 15 is 0 Å². The SMILES string of the molecule is CC.COc1cn(C(Cc2ccccc2C#N)C(=O)Nc2ccc(C(=O)O)cc2)c(=O)cc1-c1cc(Cl)ccc1C(C)=O. The van der Waals surface area contributed by atoms with Gasteiger partial charge in [0.15, 0.2) is 5.78 Å². The molecule has 3 aromatic carbocycles. The molecule has 0 saturated heterocycles. The molecule has 0 aliphatic carbocycles. The molecule has 0 aliphatic rings. The highest BCUT2D eigenvalue weighted by Gasteiger charge is 2.26. The van der Waals surface area contributed by atoms with E-state index in [0.717, 1.165) is 0 Å². The molecule has 220 valence electrons. The maximum absolute atomic E-state index is 13.7. The predicted molar refractivity (Wildman–Crippen MR) is 165 cm³/mol. The van der Waals surface area contributed by atoms with Crippen LogP contribution >= 0.6 is 11.6 Å². The number of ether oxygens (including phenoxy) is 1. The number of pyridine rings is 1. The van der Waals surface area contributed by atoms with Crippen LogP contribution in [0.25, 0.3) is 11.1 Å². The largest absolute Gasteiger partial charge is 0.495 e. The quantitative estimate of drug-likeness (QED) is 0.212. The second-order valence-electron chi connectivity index (χ2n) is 9.11. The number of nitrogens with one attached hydrogen (secondary N) is 1. The number of amides is 1. The third kappa shape index (κ3) is 7.56. The van der Waals surface area contributed by atoms with Crippen LogP contribution < -0.4 is 15.6 Å². The van der Waals surface area contributed by atoms with Crippen molar-refractivity contribution in [2.45, 2.75) is 33.2 Å². The van der Waals surface area contributed by atoms with E-state index in [1.165, 1.54) is 55.1 Å². The molecule has 1 unspecified atom stereocenters. The van der Waals surface area contributed by atoms with Crippen LogP contribution in [0.15, 0.2) is 83.8 Å². The van der Waals surface area contributed by atoms with E-state index in [1.807, 2.05) is 13.8 Å². The minimum absolute atomic E-state index is 0.0129. The summed E-state index contributed by atoms with van der Waals surface area (Å²) >= 11 is 6.21. The van der Waals surface area contributed by atoms with Crippen LogP contribution in [-0.4, -0.2) is 34.4 Å². The first-order valence-electron chi connectivity index (χ1n) is 13.4. The van der Waals surface area contributed by atoms with E-state index < -0.39 is 23.5 Å². The Morgan fingerprint density at radius 2 is 1.70 bits per heavy atom. The molecule has 9 nitrogen and oxygen atoms in total. The molecular weight excluding hydrogens is 570 g/mol. The van der Waals surface area contributed by atoms with Gasteiger partial charge < -0.3 is 15.2 Å². The van der Waals surface area contributed by atoms with Gasteiger partial charge >= 0.3 is 5.97 Å². The number of hydrogen-bond donors (Lipinski definition) is 2. The standard InChI is InChI=1S/C31H24ClN3O6.C2H6/c1-18(36)24-12-9-22(32)14-25(24)26-15-29(37)35(17-28(26)41-2)27(13-20-5-3-4-6-21(20)16-33)30(38)34-23-10-7-19(8-11-23)31(39)40;1-2/h3-12,14-15,17,27H,13H2,1-2H3,(H,34,38)(H,39,40);1-2H3. The number of carboxylic acids is 1. The average molecular weight is 600 g/mol. The highest BCUT2D eigenvalue weighted by atomic mass is 35.5. The molecule has 0 radical (unpaired) electrons. The van der Waals surface area contributed by atoms with Crippen molar-refractivity contribution in [3.63, 3.8) is 0 Å². The van der Waals surface area contributed by atoms with Crippen molar-refractivity contribution in [3.8, 4) is 22.9 Å². The number of halogens is 1. The molecule has 1 heterocycles. The van der Waals surface area contributed by atoms with Crippen molar-refractivity contribution in [1.29, 1.82) is 5.26 Å². The lowest BCUT2D eigenvalue weighted by atomic mass is 9.96.